The molecule has 1 aliphatic rings. The number of fused-ring (bicyclic) bond motifs is 4. The number of primary amides is 1. The number of aliphatic hydroxyl groups excluding tert-OH is 1. The summed E-state index contributed by atoms with van der Waals surface area (Å²) in [5.41, 5.74) is 18.4. The van der Waals surface area contributed by atoms with Crippen LogP contribution in [0, 0.1) is 0 Å². The quantitative estimate of drug-likeness (QED) is 0.215. The Bertz CT molecular complexity index is 1850. The summed E-state index contributed by atoms with van der Waals surface area (Å²) in [7, 11) is 0. The van der Waals surface area contributed by atoms with Crippen molar-refractivity contribution in [3.63, 3.8) is 0 Å². The molecule has 40 heavy (non-hydrogen) atoms. The molecule has 4 aromatic carbocycles. The van der Waals surface area contributed by atoms with Crippen LogP contribution in [0.2, 0.25) is 0 Å². The molecular formula is C34H32N4O2. The molecule has 2 aromatic heterocycles. The van der Waals surface area contributed by atoms with Crippen LogP contribution < -0.4 is 11.5 Å². The van der Waals surface area contributed by atoms with E-state index in [2.05, 4.69) is 52.0 Å². The number of hydrogen-bond donors (Lipinski definition) is 3. The zero-order valence-corrected chi connectivity index (χ0v) is 22.3. The molecule has 5 N–H and O–H groups in total. The highest BCUT2D eigenvalue weighted by molar-refractivity contribution is 6.16. The van der Waals surface area contributed by atoms with Crippen LogP contribution in [0.4, 0.5) is 5.69 Å². The van der Waals surface area contributed by atoms with Crippen LogP contribution in [0.5, 0.6) is 0 Å². The average Bonchev–Trinajstić information content (AvgIpc) is 3.32. The number of nitrogens with zero attached hydrogens (tertiary/aromatic N) is 2. The van der Waals surface area contributed by atoms with Crippen molar-refractivity contribution in [2.45, 2.75) is 38.2 Å². The Morgan fingerprint density at radius 2 is 1.60 bits per heavy atom. The summed E-state index contributed by atoms with van der Waals surface area (Å²) in [5, 5.41) is 12.3. The van der Waals surface area contributed by atoms with Crippen LogP contribution in [0.25, 0.3) is 49.5 Å². The van der Waals surface area contributed by atoms with Crippen molar-refractivity contribution in [2.24, 2.45) is 5.73 Å². The maximum Gasteiger partial charge on any atom is 0.250 e. The van der Waals surface area contributed by atoms with Crippen molar-refractivity contribution in [1.82, 2.24) is 9.55 Å². The van der Waals surface area contributed by atoms with Gasteiger partial charge in [0.1, 0.15) is 0 Å². The highest BCUT2D eigenvalue weighted by Crippen LogP contribution is 2.39. The summed E-state index contributed by atoms with van der Waals surface area (Å²) >= 11 is 0. The van der Waals surface area contributed by atoms with Crippen LogP contribution in [0.1, 0.15) is 42.5 Å². The van der Waals surface area contributed by atoms with Crippen LogP contribution in [-0.4, -0.2) is 26.7 Å². The number of anilines is 1. The van der Waals surface area contributed by atoms with Gasteiger partial charge in [-0.15, -0.1) is 0 Å². The summed E-state index contributed by atoms with van der Waals surface area (Å²) in [6.07, 6.45) is 7.86. The van der Waals surface area contributed by atoms with E-state index in [4.69, 9.17) is 16.6 Å². The molecule has 200 valence electrons. The lowest BCUT2D eigenvalue weighted by Crippen LogP contribution is -2.13. The first-order valence-corrected chi connectivity index (χ1v) is 13.8. The molecule has 0 atom stereocenters. The Morgan fingerprint density at radius 3 is 2.35 bits per heavy atom. The maximum atomic E-state index is 11.7. The van der Waals surface area contributed by atoms with Crippen molar-refractivity contribution in [2.75, 3.05) is 5.73 Å². The molecule has 2 heterocycles. The molecule has 0 bridgehead atoms. The Labute approximate surface area is 232 Å². The molecule has 1 aliphatic carbocycles. The van der Waals surface area contributed by atoms with Gasteiger partial charge in [0.05, 0.1) is 28.2 Å². The fourth-order valence-electron chi connectivity index (χ4n) is 5.75. The predicted octanol–water partition coefficient (Wildman–Crippen LogP) is 6.99. The first-order valence-electron chi connectivity index (χ1n) is 13.8. The van der Waals surface area contributed by atoms with E-state index in [1.165, 1.54) is 19.3 Å². The number of aliphatic hydroxyl groups is 1. The van der Waals surface area contributed by atoms with Crippen LogP contribution >= 0.6 is 0 Å². The first kappa shape index (κ1) is 25.6. The fourth-order valence-corrected chi connectivity index (χ4v) is 5.75. The predicted molar refractivity (Wildman–Crippen MR) is 164 cm³/mol. The molecule has 1 fully saturated rings. The van der Waals surface area contributed by atoms with Gasteiger partial charge >= 0.3 is 0 Å². The monoisotopic (exact) mass is 528 g/mol. The average molecular weight is 529 g/mol. The second kappa shape index (κ2) is 10.8. The van der Waals surface area contributed by atoms with Gasteiger partial charge in [-0.1, -0.05) is 67.8 Å². The topological polar surface area (TPSA) is 107 Å². The third kappa shape index (κ3) is 4.78. The van der Waals surface area contributed by atoms with Crippen molar-refractivity contribution in [1.29, 1.82) is 0 Å². The molecule has 0 saturated heterocycles. The van der Waals surface area contributed by atoms with E-state index in [0.717, 1.165) is 62.4 Å². The number of hydrogen-bond acceptors (Lipinski definition) is 4. The van der Waals surface area contributed by atoms with E-state index >= 15 is 0 Å². The fraction of sp³-hybridized carbons (Fsp3) is 0.176. The standard InChI is InChI=1S/C28H20N4O.C6H12O/c29-23-15-19(12-13-21(23)28(30)33)32-25-10-4-2-7-22(25)27-20(8-5-11-26(27)32)18-14-17-6-1-3-9-24(17)31-16-18;7-6-4-2-1-3-5-6/h1-16H,29H2,(H2,30,33);6-7H,1-5H2. The summed E-state index contributed by atoms with van der Waals surface area (Å²) < 4.78 is 2.17. The molecule has 0 radical (unpaired) electrons. The summed E-state index contributed by atoms with van der Waals surface area (Å²) in [5.74, 6) is -0.535. The number of aromatic nitrogens is 2. The van der Waals surface area contributed by atoms with E-state index in [1.54, 1.807) is 12.1 Å². The van der Waals surface area contributed by atoms with Crippen LogP contribution in [0.15, 0.2) is 97.2 Å². The molecule has 0 aliphatic heterocycles. The molecule has 7 rings (SSSR count). The Hall–Kier alpha value is -4.68. The molecule has 6 aromatic rings. The Morgan fingerprint density at radius 1 is 0.850 bits per heavy atom. The summed E-state index contributed by atoms with van der Waals surface area (Å²) in [6.45, 7) is 0. The van der Waals surface area contributed by atoms with Gasteiger partial charge in [-0.05, 0) is 60.9 Å². The number of pyridine rings is 1. The minimum Gasteiger partial charge on any atom is -0.398 e. The van der Waals surface area contributed by atoms with Crippen molar-refractivity contribution < 1.29 is 9.90 Å². The lowest BCUT2D eigenvalue weighted by molar-refractivity contribution is 0.100. The van der Waals surface area contributed by atoms with E-state index in [9.17, 15) is 4.79 Å². The van der Waals surface area contributed by atoms with Crippen molar-refractivity contribution >= 4 is 44.3 Å². The summed E-state index contributed by atoms with van der Waals surface area (Å²) in [4.78, 5) is 16.3. The molecule has 1 saturated carbocycles. The normalized spacial score (nSPS) is 13.8. The molecule has 1 amide bonds. The maximum absolute atomic E-state index is 11.7. The number of benzene rings is 4. The number of nitrogen functional groups attached to an aromatic ring is 1. The number of carbonyl (C=O) groups excluding carboxylic acids is 1. The molecular weight excluding hydrogens is 496 g/mol. The van der Waals surface area contributed by atoms with Crippen molar-refractivity contribution in [3.8, 4) is 16.8 Å². The SMILES string of the molecule is NC(=O)c1ccc(-n2c3ccccc3c3c(-c4cnc5ccccc5c4)cccc32)cc1N.OC1CCCCC1. The van der Waals surface area contributed by atoms with Crippen molar-refractivity contribution in [3.05, 3.63) is 103 Å². The van der Waals surface area contributed by atoms with Gasteiger partial charge in [0.15, 0.2) is 0 Å². The number of amides is 1. The second-order valence-corrected chi connectivity index (χ2v) is 10.4. The Balaban J connectivity index is 0.000000363. The zero-order chi connectivity index (χ0) is 27.6. The molecule has 0 spiro atoms. The molecule has 6 nitrogen and oxygen atoms in total. The largest absolute Gasteiger partial charge is 0.398 e. The number of rotatable bonds is 3. The van der Waals surface area contributed by atoms with Gasteiger partial charge in [-0.3, -0.25) is 9.78 Å². The highest BCUT2D eigenvalue weighted by Gasteiger charge is 2.17. The van der Waals surface area contributed by atoms with E-state index in [0.29, 0.717) is 11.3 Å². The third-order valence-electron chi connectivity index (χ3n) is 7.73. The number of carbonyl (C=O) groups is 1. The van der Waals surface area contributed by atoms with Gasteiger partial charge in [0.25, 0.3) is 5.91 Å². The van der Waals surface area contributed by atoms with Gasteiger partial charge in [0, 0.05) is 39.3 Å². The Kier molecular flexibility index (Phi) is 6.93. The first-order chi connectivity index (χ1) is 19.5. The van der Waals surface area contributed by atoms with E-state index in [-0.39, 0.29) is 6.10 Å². The number of para-hydroxylation sites is 2. The van der Waals surface area contributed by atoms with Gasteiger partial charge in [-0.2, -0.15) is 0 Å². The number of nitrogens with two attached hydrogens (primary N) is 2. The highest BCUT2D eigenvalue weighted by atomic mass is 16.3. The minimum atomic E-state index is -0.535. The second-order valence-electron chi connectivity index (χ2n) is 10.4. The van der Waals surface area contributed by atoms with E-state index < -0.39 is 5.91 Å². The zero-order valence-electron chi connectivity index (χ0n) is 22.3. The van der Waals surface area contributed by atoms with E-state index in [1.807, 2.05) is 42.6 Å². The lowest BCUT2D eigenvalue weighted by Gasteiger charge is -2.14. The molecule has 0 unspecified atom stereocenters. The van der Waals surface area contributed by atoms with Crippen LogP contribution in [0.3, 0.4) is 0 Å². The summed E-state index contributed by atoms with van der Waals surface area (Å²) in [6, 6.07) is 30.3. The van der Waals surface area contributed by atoms with Gasteiger partial charge in [-0.25, -0.2) is 0 Å². The third-order valence-corrected chi connectivity index (χ3v) is 7.73. The lowest BCUT2D eigenvalue weighted by atomic mass is 9.98. The van der Waals surface area contributed by atoms with Gasteiger partial charge < -0.3 is 21.1 Å². The molecule has 6 heteroatoms. The van der Waals surface area contributed by atoms with Gasteiger partial charge in [0.2, 0.25) is 0 Å². The minimum absolute atomic E-state index is 0.0359. The van der Waals surface area contributed by atoms with Crippen LogP contribution in [-0.2, 0) is 0 Å². The smallest absolute Gasteiger partial charge is 0.250 e.